The summed E-state index contributed by atoms with van der Waals surface area (Å²) in [5.74, 6) is -0.497. The Labute approximate surface area is 234 Å². The van der Waals surface area contributed by atoms with Crippen molar-refractivity contribution in [1.82, 2.24) is 9.97 Å². The van der Waals surface area contributed by atoms with Crippen LogP contribution in [0.3, 0.4) is 0 Å². The van der Waals surface area contributed by atoms with E-state index in [1.165, 1.54) is 10.8 Å². The van der Waals surface area contributed by atoms with Crippen LogP contribution in [0, 0.1) is 6.92 Å². The highest BCUT2D eigenvalue weighted by molar-refractivity contribution is 8.76. The van der Waals surface area contributed by atoms with Gasteiger partial charge in [0.2, 0.25) is 0 Å². The van der Waals surface area contributed by atoms with Gasteiger partial charge in [-0.1, -0.05) is 26.6 Å². The molecule has 1 aromatic carbocycles. The summed E-state index contributed by atoms with van der Waals surface area (Å²) in [5.41, 5.74) is 4.02. The van der Waals surface area contributed by atoms with Crippen LogP contribution in [0.5, 0.6) is 5.75 Å². The number of Topliss-reactive ketones (excluding diaryl/α,β-unsaturated/α-hetero) is 1. The van der Waals surface area contributed by atoms with Gasteiger partial charge in [0.25, 0.3) is 0 Å². The quantitative estimate of drug-likeness (QED) is 0.252. The summed E-state index contributed by atoms with van der Waals surface area (Å²) in [6.45, 7) is 9.72. The third-order valence-corrected chi connectivity index (χ3v) is 9.61. The normalized spacial score (nSPS) is 16.1. The van der Waals surface area contributed by atoms with Gasteiger partial charge in [-0.05, 0) is 57.9 Å². The number of aliphatic carboxylic acids is 2. The highest BCUT2D eigenvalue weighted by atomic mass is 35.5. The lowest BCUT2D eigenvalue weighted by Crippen LogP contribution is -3.00. The zero-order chi connectivity index (χ0) is 27.3. The minimum atomic E-state index is -1.16. The summed E-state index contributed by atoms with van der Waals surface area (Å²) in [4.78, 5) is 43.8. The van der Waals surface area contributed by atoms with Crippen LogP contribution in [-0.4, -0.2) is 50.3 Å². The number of ether oxygens (including phenoxy) is 1. The highest BCUT2D eigenvalue weighted by Crippen LogP contribution is 2.47. The number of aromatic amines is 1. The molecule has 9 nitrogen and oxygen atoms in total. The number of rotatable bonds is 9. The van der Waals surface area contributed by atoms with E-state index in [9.17, 15) is 19.5 Å². The number of H-pyrrole nitrogens is 1. The first-order valence-corrected chi connectivity index (χ1v) is 14.1. The van der Waals surface area contributed by atoms with Crippen molar-refractivity contribution >= 4 is 50.3 Å². The Morgan fingerprint density at radius 2 is 1.79 bits per heavy atom. The third kappa shape index (κ3) is 5.11. The van der Waals surface area contributed by atoms with E-state index in [-0.39, 0.29) is 18.2 Å². The maximum atomic E-state index is 13.1. The Bertz CT molecular complexity index is 1380. The molecule has 1 unspecified atom stereocenters. The molecule has 1 aliphatic rings. The molecule has 3 aromatic rings. The molecule has 2 aromatic heterocycles. The second kappa shape index (κ2) is 10.8. The van der Waals surface area contributed by atoms with E-state index in [1.807, 2.05) is 63.6 Å². The predicted molar refractivity (Wildman–Crippen MR) is 143 cm³/mol. The van der Waals surface area contributed by atoms with Crippen molar-refractivity contribution in [2.75, 3.05) is 7.11 Å². The number of aromatic nitrogens is 3. The molecule has 0 saturated carbocycles. The number of carbonyl (C=O) groups excluding carboxylic acids is 1. The molecule has 3 N–H and O–H groups in total. The Hall–Kier alpha value is -2.76. The van der Waals surface area contributed by atoms with E-state index in [4.69, 9.17) is 14.8 Å². The number of hydrogen-bond acceptors (Lipinski definition) is 7. The fourth-order valence-corrected chi connectivity index (χ4v) is 7.46. The average molecular weight is 580 g/mol. The van der Waals surface area contributed by atoms with E-state index in [1.54, 1.807) is 7.11 Å². The summed E-state index contributed by atoms with van der Waals surface area (Å²) in [7, 11) is 3.87. The number of nitrogens with zero attached hydrogens (tertiary/aromatic N) is 2. The minimum Gasteiger partial charge on any atom is -1.00 e. The van der Waals surface area contributed by atoms with Crippen molar-refractivity contribution in [3.63, 3.8) is 0 Å². The lowest BCUT2D eigenvalue weighted by Gasteiger charge is -2.21. The van der Waals surface area contributed by atoms with Crippen LogP contribution in [0.15, 0.2) is 24.4 Å². The van der Waals surface area contributed by atoms with Gasteiger partial charge in [-0.2, -0.15) is 0 Å². The van der Waals surface area contributed by atoms with Crippen molar-refractivity contribution in [3.8, 4) is 11.7 Å². The largest absolute Gasteiger partial charge is 1.00 e. The van der Waals surface area contributed by atoms with Crippen molar-refractivity contribution in [2.24, 2.45) is 0 Å². The zero-order valence-electron chi connectivity index (χ0n) is 21.9. The predicted octanol–water partition coefficient (Wildman–Crippen LogP) is 1.11. The van der Waals surface area contributed by atoms with E-state index < -0.39 is 34.4 Å². The maximum absolute atomic E-state index is 13.1. The first kappa shape index (κ1) is 29.8. The number of fused-ring (bicyclic) bond motifs is 2. The Morgan fingerprint density at radius 3 is 2.37 bits per heavy atom. The van der Waals surface area contributed by atoms with Crippen LogP contribution in [0.25, 0.3) is 17.0 Å². The fraction of sp³-hybridized carbons (Fsp3) is 0.423. The summed E-state index contributed by atoms with van der Waals surface area (Å²) >= 11 is 0. The summed E-state index contributed by atoms with van der Waals surface area (Å²) in [5, 5.41) is 17.3. The topological polar surface area (TPSA) is 133 Å². The molecule has 0 bridgehead atoms. The molecule has 204 valence electrons. The minimum absolute atomic E-state index is 0. The molecule has 0 spiro atoms. The molecule has 0 aliphatic heterocycles. The van der Waals surface area contributed by atoms with Gasteiger partial charge in [0.1, 0.15) is 22.2 Å². The second-order valence-electron chi connectivity index (χ2n) is 10.2. The molecule has 1 atom stereocenters. The molecular weight excluding hydrogens is 550 g/mol. The summed E-state index contributed by atoms with van der Waals surface area (Å²) < 4.78 is 7.39. The number of nitrogens with one attached hydrogen (secondary N) is 1. The van der Waals surface area contributed by atoms with Gasteiger partial charge in [-0.25, -0.2) is 9.55 Å². The second-order valence-corrected chi connectivity index (χ2v) is 12.7. The maximum Gasteiger partial charge on any atom is 0.402 e. The van der Waals surface area contributed by atoms with Gasteiger partial charge in [-0.3, -0.25) is 14.4 Å². The molecule has 4 rings (SSSR count). The number of ketones is 1. The number of carbonyl (C=O) groups is 3. The number of imidazole rings is 1. The summed E-state index contributed by atoms with van der Waals surface area (Å²) in [6, 6.07) is 5.83. The first-order valence-electron chi connectivity index (χ1n) is 11.7. The molecule has 12 heteroatoms. The van der Waals surface area contributed by atoms with E-state index in [0.717, 1.165) is 44.2 Å². The lowest BCUT2D eigenvalue weighted by atomic mass is 9.80. The van der Waals surface area contributed by atoms with Gasteiger partial charge in [0.15, 0.2) is 11.3 Å². The Morgan fingerprint density at radius 1 is 1.16 bits per heavy atom. The van der Waals surface area contributed by atoms with Gasteiger partial charge in [-0.15, -0.1) is 0 Å². The van der Waals surface area contributed by atoms with E-state index in [0.29, 0.717) is 17.5 Å². The molecular formula is C26H30ClN3O6S2. The molecule has 0 radical (unpaired) electrons. The molecule has 0 amide bonds. The molecule has 38 heavy (non-hydrogen) atoms. The van der Waals surface area contributed by atoms with Gasteiger partial charge < -0.3 is 27.4 Å². The lowest BCUT2D eigenvalue weighted by molar-refractivity contribution is -0.610. The summed E-state index contributed by atoms with van der Waals surface area (Å²) in [6.07, 6.45) is 1.37. The molecule has 2 heterocycles. The van der Waals surface area contributed by atoms with E-state index >= 15 is 0 Å². The van der Waals surface area contributed by atoms with Crippen LogP contribution in [-0.2, 0) is 31.0 Å². The van der Waals surface area contributed by atoms with Crippen molar-refractivity contribution in [3.05, 3.63) is 46.8 Å². The standard InChI is InChI=1S/C26H29N3O6S2.ClH/c1-13-18(12-36-37-20(22(32)33)11-21(30)31)29(8-7-19(13)35-6)24-27-16-9-14-15(10-17(16)28-24)26(4,5)23(34)25(14,2)3;/h7-10,20H,11-12H2,1-6H3,(H2-,27,28,30,31,32,33);1H. The zero-order valence-corrected chi connectivity index (χ0v) is 24.3. The van der Waals surface area contributed by atoms with Crippen LogP contribution < -0.4 is 21.7 Å². The molecule has 1 aliphatic carbocycles. The number of methoxy groups -OCH3 is 1. The Balaban J connectivity index is 0.00000400. The number of carboxylic acid groups (broad SMARTS) is 2. The number of hydrogen-bond donors (Lipinski definition) is 3. The van der Waals surface area contributed by atoms with Crippen LogP contribution in [0.2, 0.25) is 0 Å². The highest BCUT2D eigenvalue weighted by Gasteiger charge is 2.50. The van der Waals surface area contributed by atoms with Crippen LogP contribution in [0.4, 0.5) is 0 Å². The van der Waals surface area contributed by atoms with Crippen molar-refractivity contribution < 1.29 is 46.3 Å². The van der Waals surface area contributed by atoms with Crippen molar-refractivity contribution in [2.45, 2.75) is 62.9 Å². The third-order valence-electron chi connectivity index (χ3n) is 7.02. The van der Waals surface area contributed by atoms with Gasteiger partial charge in [0.05, 0.1) is 25.5 Å². The monoisotopic (exact) mass is 579 g/mol. The molecule has 0 saturated heterocycles. The van der Waals surface area contributed by atoms with Crippen LogP contribution in [0.1, 0.15) is 56.5 Å². The number of carboxylic acids is 2. The number of pyridine rings is 1. The van der Waals surface area contributed by atoms with Gasteiger partial charge in [0, 0.05) is 22.5 Å². The molecule has 0 fully saturated rings. The SMILES string of the molecule is COc1cc[n+](-c2nc3cc4c(cc3[nH]2)C(C)(C)C(=O)C4(C)C)c(CSSC(CC(=O)O)C(=O)O)c1C.[Cl-]. The van der Waals surface area contributed by atoms with E-state index in [2.05, 4.69) is 4.98 Å². The fourth-order valence-electron chi connectivity index (χ4n) is 4.99. The Kier molecular flexibility index (Phi) is 8.45. The smallest absolute Gasteiger partial charge is 0.402 e. The number of benzene rings is 1. The van der Waals surface area contributed by atoms with Crippen molar-refractivity contribution in [1.29, 1.82) is 0 Å². The van der Waals surface area contributed by atoms with Gasteiger partial charge >= 0.3 is 17.9 Å². The number of halogens is 1. The van der Waals surface area contributed by atoms with Crippen LogP contribution >= 0.6 is 21.6 Å². The first-order chi connectivity index (χ1) is 17.3. The average Bonchev–Trinajstić information content (AvgIpc) is 3.30.